The van der Waals surface area contributed by atoms with Crippen LogP contribution in [0.25, 0.3) is 0 Å². The summed E-state index contributed by atoms with van der Waals surface area (Å²) in [5.74, 6) is -0.771. The first-order chi connectivity index (χ1) is 27.0. The molecule has 316 valence electrons. The van der Waals surface area contributed by atoms with E-state index in [4.69, 9.17) is 19.3 Å². The molecule has 2 rings (SSSR count). The van der Waals surface area contributed by atoms with Crippen LogP contribution in [0.1, 0.15) is 128 Å². The van der Waals surface area contributed by atoms with Crippen molar-refractivity contribution in [2.45, 2.75) is 165 Å². The van der Waals surface area contributed by atoms with E-state index in [1.807, 2.05) is 18.2 Å². The van der Waals surface area contributed by atoms with Gasteiger partial charge in [0.25, 0.3) is 0 Å². The van der Waals surface area contributed by atoms with E-state index >= 15 is 0 Å². The summed E-state index contributed by atoms with van der Waals surface area (Å²) in [5, 5.41) is 50.9. The highest BCUT2D eigenvalue weighted by atomic mass is 16.7. The summed E-state index contributed by atoms with van der Waals surface area (Å²) >= 11 is 0. The van der Waals surface area contributed by atoms with Gasteiger partial charge in [0.05, 0.1) is 0 Å². The Balaban J connectivity index is 1.35. The van der Waals surface area contributed by atoms with E-state index in [-0.39, 0.29) is 24.0 Å². The number of rotatable bonds is 32. The number of Topliss-reactive ketones (excluding diaryl/α,β-unsaturated/α-hetero) is 2. The van der Waals surface area contributed by atoms with E-state index in [9.17, 15) is 39.6 Å². The molecule has 1 heterocycles. The van der Waals surface area contributed by atoms with Gasteiger partial charge in [-0.25, -0.2) is 4.79 Å². The van der Waals surface area contributed by atoms with Gasteiger partial charge in [-0.15, -0.1) is 0 Å². The Morgan fingerprint density at radius 3 is 1.91 bits per heavy atom. The first-order valence-electron chi connectivity index (χ1n) is 20.5. The highest BCUT2D eigenvalue weighted by Gasteiger charge is 2.47. The van der Waals surface area contributed by atoms with Gasteiger partial charge in [-0.05, 0) is 94.7 Å². The Bertz CT molecular complexity index is 1320. The molecule has 1 aromatic carbocycles. The topological polar surface area (TPSA) is 209 Å². The smallest absolute Gasteiger partial charge is 0.335 e. The second kappa shape index (κ2) is 29.7. The molecule has 0 saturated carbocycles. The molecule has 56 heavy (non-hydrogen) atoms. The zero-order valence-corrected chi connectivity index (χ0v) is 33.2. The van der Waals surface area contributed by atoms with Crippen LogP contribution < -0.4 is 5.32 Å². The van der Waals surface area contributed by atoms with Gasteiger partial charge >= 0.3 is 5.97 Å². The lowest BCUT2D eigenvalue weighted by atomic mass is 9.99. The molecule has 0 aliphatic carbocycles. The van der Waals surface area contributed by atoms with Crippen LogP contribution in [0.3, 0.4) is 0 Å². The monoisotopic (exact) mass is 789 g/mol. The number of amides is 1. The van der Waals surface area contributed by atoms with E-state index < -0.39 is 42.8 Å². The number of carbonyl (C=O) groups is 4. The number of aliphatic carboxylic acids is 1. The first kappa shape index (κ1) is 48.7. The fraction of sp³-hybridized carbons (Fsp3) is 0.674. The number of ether oxygens (including phenoxy) is 3. The Kier molecular flexibility index (Phi) is 25.9. The number of hydrogen-bond acceptors (Lipinski definition) is 11. The molecule has 6 N–H and O–H groups in total. The van der Waals surface area contributed by atoms with Crippen molar-refractivity contribution in [1.29, 1.82) is 0 Å². The predicted octanol–water partition coefficient (Wildman–Crippen LogP) is 5.64. The molecule has 1 fully saturated rings. The van der Waals surface area contributed by atoms with Crippen LogP contribution >= 0.6 is 0 Å². The highest BCUT2D eigenvalue weighted by molar-refractivity contribution is 5.80. The number of carbonyl (C=O) groups excluding carboxylic acids is 3. The molecular weight excluding hydrogens is 722 g/mol. The number of carboxylic acid groups (broad SMARTS) is 1. The number of allylic oxidation sites excluding steroid dienone is 4. The van der Waals surface area contributed by atoms with Crippen LogP contribution in [0, 0.1) is 0 Å². The molecule has 1 aromatic rings. The molecule has 6 atom stereocenters. The van der Waals surface area contributed by atoms with Gasteiger partial charge in [0.2, 0.25) is 5.91 Å². The van der Waals surface area contributed by atoms with Crippen LogP contribution in [0.5, 0.6) is 5.75 Å². The fourth-order valence-corrected chi connectivity index (χ4v) is 6.37. The highest BCUT2D eigenvalue weighted by Crippen LogP contribution is 2.23. The van der Waals surface area contributed by atoms with Gasteiger partial charge in [-0.3, -0.25) is 14.4 Å². The van der Waals surface area contributed by atoms with Crippen molar-refractivity contribution < 1.29 is 58.9 Å². The second-order valence-corrected chi connectivity index (χ2v) is 14.5. The van der Waals surface area contributed by atoms with Crippen molar-refractivity contribution in [2.24, 2.45) is 0 Å². The number of unbranched alkanes of at least 4 members (excludes halogenated alkanes) is 9. The van der Waals surface area contributed by atoms with E-state index in [1.54, 1.807) is 19.2 Å². The summed E-state index contributed by atoms with van der Waals surface area (Å²) in [6.07, 6.45) is 15.7. The van der Waals surface area contributed by atoms with Crippen molar-refractivity contribution in [3.63, 3.8) is 0 Å². The van der Waals surface area contributed by atoms with Gasteiger partial charge in [0.1, 0.15) is 41.7 Å². The lowest BCUT2D eigenvalue weighted by molar-refractivity contribution is -0.294. The van der Waals surface area contributed by atoms with Crippen LogP contribution in [-0.2, 0) is 39.8 Å². The third kappa shape index (κ3) is 21.2. The summed E-state index contributed by atoms with van der Waals surface area (Å²) < 4.78 is 15.9. The predicted molar refractivity (Wildman–Crippen MR) is 212 cm³/mol. The lowest BCUT2D eigenvalue weighted by Gasteiger charge is -2.38. The number of phenols is 1. The number of nitrogens with one attached hydrogen (secondary N) is 1. The van der Waals surface area contributed by atoms with Crippen LogP contribution in [0.15, 0.2) is 48.6 Å². The number of carboxylic acids is 1. The van der Waals surface area contributed by atoms with Crippen LogP contribution in [-0.4, -0.2) is 106 Å². The van der Waals surface area contributed by atoms with Crippen LogP contribution in [0.4, 0.5) is 0 Å². The molecule has 0 spiro atoms. The number of benzene rings is 1. The Hall–Kier alpha value is -3.46. The van der Waals surface area contributed by atoms with Gasteiger partial charge in [-0.2, -0.15) is 0 Å². The second-order valence-electron chi connectivity index (χ2n) is 14.5. The minimum atomic E-state index is -1.73. The maximum Gasteiger partial charge on any atom is 0.335 e. The van der Waals surface area contributed by atoms with E-state index in [0.717, 1.165) is 89.0 Å². The Morgan fingerprint density at radius 2 is 1.27 bits per heavy atom. The molecule has 0 aromatic heterocycles. The van der Waals surface area contributed by atoms with Crippen molar-refractivity contribution in [1.82, 2.24) is 5.32 Å². The third-order valence-corrected chi connectivity index (χ3v) is 9.84. The number of phenolic OH excluding ortho intramolecular Hbond substituents is 1. The summed E-state index contributed by atoms with van der Waals surface area (Å²) in [4.78, 5) is 48.0. The number of methoxy groups -OCH3 is 1. The number of aliphatic hydroxyl groups excluding tert-OH is 3. The number of aromatic hydroxyl groups is 1. The molecule has 13 heteroatoms. The Morgan fingerprint density at radius 1 is 0.714 bits per heavy atom. The standard InChI is InChI=1S/C43H67NO12/c1-54-36(41(51)44-30-29-32-25-27-35(47)28-26-32)24-18-10-6-5-9-15-21-34(46)23-17-12-11-16-22-33(45)20-14-8-4-2-3-7-13-19-31-55-43-39(50)37(48)38(49)40(56-43)42(52)53/h4,6,8,10,25-28,36-40,43,47-50H,2-3,5,7,9,11-24,29-31H2,1H3,(H,44,51)(H,52,53). The number of ketones is 2. The van der Waals surface area contributed by atoms with Crippen molar-refractivity contribution in [2.75, 3.05) is 20.3 Å². The summed E-state index contributed by atoms with van der Waals surface area (Å²) in [5.41, 5.74) is 1.04. The Labute approximate surface area is 332 Å². The van der Waals surface area contributed by atoms with E-state index in [1.165, 1.54) is 0 Å². The first-order valence-corrected chi connectivity index (χ1v) is 20.5. The molecule has 0 radical (unpaired) electrons. The molecule has 13 nitrogen and oxygen atoms in total. The maximum absolute atomic E-state index is 12.4. The minimum Gasteiger partial charge on any atom is -0.508 e. The average molecular weight is 790 g/mol. The fourth-order valence-electron chi connectivity index (χ4n) is 6.37. The molecule has 6 unspecified atom stereocenters. The van der Waals surface area contributed by atoms with Gasteiger partial charge in [0.15, 0.2) is 12.4 Å². The summed E-state index contributed by atoms with van der Waals surface area (Å²) in [7, 11) is 1.54. The SMILES string of the molecule is COC(CCC=CCCCCC(=O)CCCCCCC(=O)CCC=CCCCCCCOC1OC(C(=O)O)C(O)C(O)C1O)C(=O)NCCc1ccc(O)cc1. The molecule has 1 aliphatic heterocycles. The average Bonchev–Trinajstić information content (AvgIpc) is 3.18. The van der Waals surface area contributed by atoms with Gasteiger partial charge in [0, 0.05) is 45.9 Å². The maximum atomic E-state index is 12.4. The van der Waals surface area contributed by atoms with Gasteiger partial charge < -0.3 is 45.1 Å². The molecule has 1 aliphatic rings. The quantitative estimate of drug-likeness (QED) is 0.0387. The van der Waals surface area contributed by atoms with Gasteiger partial charge in [-0.1, -0.05) is 62.1 Å². The molecule has 1 saturated heterocycles. The van der Waals surface area contributed by atoms with E-state index in [0.29, 0.717) is 57.3 Å². The normalized spacial score (nSPS) is 20.4. The van der Waals surface area contributed by atoms with Crippen LogP contribution in [0.2, 0.25) is 0 Å². The lowest BCUT2D eigenvalue weighted by Crippen LogP contribution is -2.60. The number of hydrogen-bond donors (Lipinski definition) is 6. The molecular formula is C43H67NO12. The van der Waals surface area contributed by atoms with Crippen molar-refractivity contribution >= 4 is 23.4 Å². The summed E-state index contributed by atoms with van der Waals surface area (Å²) in [6.45, 7) is 0.728. The zero-order valence-electron chi connectivity index (χ0n) is 33.2. The van der Waals surface area contributed by atoms with Crippen molar-refractivity contribution in [3.05, 3.63) is 54.1 Å². The third-order valence-electron chi connectivity index (χ3n) is 9.84. The molecule has 1 amide bonds. The van der Waals surface area contributed by atoms with E-state index in [2.05, 4.69) is 23.5 Å². The number of aliphatic hydroxyl groups is 3. The molecule has 0 bridgehead atoms. The van der Waals surface area contributed by atoms with Crippen molar-refractivity contribution in [3.8, 4) is 5.75 Å². The summed E-state index contributed by atoms with van der Waals surface area (Å²) in [6, 6.07) is 6.93. The largest absolute Gasteiger partial charge is 0.508 e. The zero-order chi connectivity index (χ0) is 41.0. The minimum absolute atomic E-state index is 0.125.